The van der Waals surface area contributed by atoms with E-state index in [1.54, 1.807) is 48.5 Å². The van der Waals surface area contributed by atoms with Crippen LogP contribution >= 0.6 is 7.60 Å². The topological polar surface area (TPSA) is 82.1 Å². The average molecular weight is 350 g/mol. The zero-order chi connectivity index (χ0) is 17.3. The van der Waals surface area contributed by atoms with Crippen LogP contribution in [0.4, 0.5) is 0 Å². The lowest BCUT2D eigenvalue weighted by Gasteiger charge is -2.19. The third kappa shape index (κ3) is 6.07. The second-order valence-corrected chi connectivity index (χ2v) is 6.87. The lowest BCUT2D eigenvalue weighted by molar-refractivity contribution is -0.144. The number of aliphatic hydroxyl groups is 1. The summed E-state index contributed by atoms with van der Waals surface area (Å²) in [7, 11) is -3.61. The van der Waals surface area contributed by atoms with E-state index in [0.29, 0.717) is 11.5 Å². The minimum absolute atomic E-state index is 0.0950. The van der Waals surface area contributed by atoms with Gasteiger partial charge in [-0.25, -0.2) is 4.57 Å². The molecule has 0 aliphatic carbocycles. The smallest absolute Gasteiger partial charge is 0.431 e. The van der Waals surface area contributed by atoms with Crippen molar-refractivity contribution in [2.75, 3.05) is 19.4 Å². The Morgan fingerprint density at radius 2 is 1.42 bits per heavy atom. The molecule has 128 valence electrons. The van der Waals surface area contributed by atoms with Crippen LogP contribution < -0.4 is 9.05 Å². The van der Waals surface area contributed by atoms with E-state index in [1.807, 2.05) is 12.1 Å². The molecule has 0 radical (unpaired) electrons. The number of hydrogen-bond donors (Lipinski definition) is 1. The van der Waals surface area contributed by atoms with Gasteiger partial charge in [0.2, 0.25) is 0 Å². The van der Waals surface area contributed by atoms with Crippen molar-refractivity contribution in [2.45, 2.75) is 6.42 Å². The summed E-state index contributed by atoms with van der Waals surface area (Å²) in [5, 5.41) is 8.65. The summed E-state index contributed by atoms with van der Waals surface area (Å²) in [5.74, 6) is 0.207. The lowest BCUT2D eigenvalue weighted by atomic mass is 10.3. The summed E-state index contributed by atoms with van der Waals surface area (Å²) < 4.78 is 28.9. The first-order valence-corrected chi connectivity index (χ1v) is 9.19. The number of para-hydroxylation sites is 2. The Morgan fingerprint density at radius 1 is 0.917 bits per heavy atom. The molecule has 6 nitrogen and oxygen atoms in total. The van der Waals surface area contributed by atoms with Gasteiger partial charge in [0.05, 0.1) is 19.2 Å². The van der Waals surface area contributed by atoms with Crippen molar-refractivity contribution < 1.29 is 28.3 Å². The standard InChI is InChI=1S/C17H19O6P/c18-12-13-21-17(19)11-14-24(20,22-15-7-3-1-4-8-15)23-16-9-5-2-6-10-16/h1-10,18H,11-14H2. The molecule has 0 unspecified atom stereocenters. The molecule has 2 aromatic rings. The fourth-order valence-corrected chi connectivity index (χ4v) is 3.42. The number of rotatable bonds is 9. The number of carbonyl (C=O) groups is 1. The van der Waals surface area contributed by atoms with E-state index in [0.717, 1.165) is 0 Å². The molecule has 0 aliphatic rings. The van der Waals surface area contributed by atoms with Gasteiger partial charge >= 0.3 is 13.6 Å². The maximum absolute atomic E-state index is 13.0. The quantitative estimate of drug-likeness (QED) is 0.552. The second kappa shape index (κ2) is 9.11. The van der Waals surface area contributed by atoms with E-state index in [-0.39, 0.29) is 25.8 Å². The van der Waals surface area contributed by atoms with E-state index in [2.05, 4.69) is 0 Å². The number of aliphatic hydroxyl groups excluding tert-OH is 1. The Hall–Kier alpha value is -2.30. The normalized spacial score (nSPS) is 10.9. The predicted molar refractivity (Wildman–Crippen MR) is 89.3 cm³/mol. The zero-order valence-electron chi connectivity index (χ0n) is 13.0. The predicted octanol–water partition coefficient (Wildman–Crippen LogP) is 3.26. The SMILES string of the molecule is O=C(CCP(=O)(Oc1ccccc1)Oc1ccccc1)OCCO. The van der Waals surface area contributed by atoms with Crippen LogP contribution in [0.25, 0.3) is 0 Å². The number of esters is 1. The molecule has 0 bridgehead atoms. The molecule has 0 saturated carbocycles. The van der Waals surface area contributed by atoms with Crippen LogP contribution in [-0.4, -0.2) is 30.5 Å². The van der Waals surface area contributed by atoms with Crippen LogP contribution in [0.5, 0.6) is 11.5 Å². The Balaban J connectivity index is 2.08. The van der Waals surface area contributed by atoms with Crippen LogP contribution in [0.1, 0.15) is 6.42 Å². The lowest BCUT2D eigenvalue weighted by Crippen LogP contribution is -2.13. The minimum atomic E-state index is -3.61. The second-order valence-electron chi connectivity index (χ2n) is 4.84. The van der Waals surface area contributed by atoms with Gasteiger partial charge in [-0.15, -0.1) is 0 Å². The molecule has 0 saturated heterocycles. The summed E-state index contributed by atoms with van der Waals surface area (Å²) in [5.41, 5.74) is 0. The number of carbonyl (C=O) groups excluding carboxylic acids is 1. The van der Waals surface area contributed by atoms with Gasteiger partial charge in [0.15, 0.2) is 0 Å². The van der Waals surface area contributed by atoms with E-state index in [4.69, 9.17) is 18.9 Å². The Bertz CT molecular complexity index is 628. The van der Waals surface area contributed by atoms with E-state index >= 15 is 0 Å². The largest absolute Gasteiger partial charge is 0.463 e. The minimum Gasteiger partial charge on any atom is -0.463 e. The van der Waals surface area contributed by atoms with Gasteiger partial charge in [-0.05, 0) is 24.3 Å². The summed E-state index contributed by atoms with van der Waals surface area (Å²) in [6, 6.07) is 17.2. The van der Waals surface area contributed by atoms with Crippen LogP contribution in [0.3, 0.4) is 0 Å². The van der Waals surface area contributed by atoms with Gasteiger partial charge in [-0.3, -0.25) is 4.79 Å². The molecule has 2 rings (SSSR count). The fourth-order valence-electron chi connectivity index (χ4n) is 1.85. The molecular formula is C17H19O6P. The Labute approximate surface area is 140 Å². The van der Waals surface area contributed by atoms with Crippen molar-refractivity contribution in [3.63, 3.8) is 0 Å². The Morgan fingerprint density at radius 3 is 1.88 bits per heavy atom. The summed E-state index contributed by atoms with van der Waals surface area (Å²) in [6.45, 7) is -0.355. The molecule has 0 heterocycles. The van der Waals surface area contributed by atoms with Gasteiger partial charge in [0, 0.05) is 0 Å². The van der Waals surface area contributed by atoms with Crippen LogP contribution in [0.2, 0.25) is 0 Å². The van der Waals surface area contributed by atoms with Gasteiger partial charge in [-0.2, -0.15) is 0 Å². The van der Waals surface area contributed by atoms with Crippen LogP contribution in [0.15, 0.2) is 60.7 Å². The van der Waals surface area contributed by atoms with Crippen molar-refractivity contribution >= 4 is 13.6 Å². The van der Waals surface area contributed by atoms with Crippen LogP contribution in [-0.2, 0) is 14.1 Å². The van der Waals surface area contributed by atoms with Crippen molar-refractivity contribution in [3.05, 3.63) is 60.7 Å². The maximum atomic E-state index is 13.0. The van der Waals surface area contributed by atoms with Gasteiger partial charge < -0.3 is 18.9 Å². The third-order valence-corrected chi connectivity index (χ3v) is 4.67. The summed E-state index contributed by atoms with van der Waals surface area (Å²) in [6.07, 6.45) is -0.280. The molecular weight excluding hydrogens is 331 g/mol. The summed E-state index contributed by atoms with van der Waals surface area (Å²) >= 11 is 0. The van der Waals surface area contributed by atoms with E-state index < -0.39 is 13.6 Å². The average Bonchev–Trinajstić information content (AvgIpc) is 2.60. The monoisotopic (exact) mass is 350 g/mol. The molecule has 7 heteroatoms. The highest BCUT2D eigenvalue weighted by Gasteiger charge is 2.29. The van der Waals surface area contributed by atoms with Crippen molar-refractivity contribution in [1.29, 1.82) is 0 Å². The molecule has 1 N–H and O–H groups in total. The number of hydrogen-bond acceptors (Lipinski definition) is 6. The molecule has 0 aliphatic heterocycles. The van der Waals surface area contributed by atoms with Crippen molar-refractivity contribution in [2.24, 2.45) is 0 Å². The van der Waals surface area contributed by atoms with Gasteiger partial charge in [-0.1, -0.05) is 36.4 Å². The van der Waals surface area contributed by atoms with Gasteiger partial charge in [0.1, 0.15) is 18.1 Å². The summed E-state index contributed by atoms with van der Waals surface area (Å²) in [4.78, 5) is 11.6. The van der Waals surface area contributed by atoms with E-state index in [9.17, 15) is 9.36 Å². The zero-order valence-corrected chi connectivity index (χ0v) is 13.9. The van der Waals surface area contributed by atoms with Gasteiger partial charge in [0.25, 0.3) is 0 Å². The van der Waals surface area contributed by atoms with Crippen molar-refractivity contribution in [3.8, 4) is 11.5 Å². The molecule has 0 amide bonds. The first-order chi connectivity index (χ1) is 11.6. The highest BCUT2D eigenvalue weighted by molar-refractivity contribution is 7.54. The molecule has 0 spiro atoms. The first kappa shape index (κ1) is 18.0. The van der Waals surface area contributed by atoms with Crippen LogP contribution in [0, 0.1) is 0 Å². The molecule has 0 fully saturated rings. The molecule has 2 aromatic carbocycles. The number of benzene rings is 2. The third-order valence-electron chi connectivity index (χ3n) is 2.92. The highest BCUT2D eigenvalue weighted by atomic mass is 31.2. The molecule has 24 heavy (non-hydrogen) atoms. The Kier molecular flexibility index (Phi) is 6.85. The van der Waals surface area contributed by atoms with E-state index in [1.165, 1.54) is 0 Å². The highest BCUT2D eigenvalue weighted by Crippen LogP contribution is 2.48. The molecule has 0 aromatic heterocycles. The maximum Gasteiger partial charge on any atom is 0.431 e. The van der Waals surface area contributed by atoms with Crippen molar-refractivity contribution in [1.82, 2.24) is 0 Å². The fraction of sp³-hybridized carbons (Fsp3) is 0.235. The first-order valence-electron chi connectivity index (χ1n) is 7.46. The molecule has 0 atom stereocenters. The number of ether oxygens (including phenoxy) is 1.